The zero-order valence-electron chi connectivity index (χ0n) is 7.85. The van der Waals surface area contributed by atoms with Crippen LogP contribution >= 0.6 is 0 Å². The topological polar surface area (TPSA) is 118 Å². The zero-order chi connectivity index (χ0) is 11.9. The van der Waals surface area contributed by atoms with E-state index in [1.54, 1.807) is 0 Å². The summed E-state index contributed by atoms with van der Waals surface area (Å²) in [4.78, 5) is 22.4. The van der Waals surface area contributed by atoms with Crippen molar-refractivity contribution in [2.24, 2.45) is 5.14 Å². The van der Waals surface area contributed by atoms with Crippen LogP contribution in [0.2, 0.25) is 0 Å². The van der Waals surface area contributed by atoms with Gasteiger partial charge in [-0.1, -0.05) is 0 Å². The van der Waals surface area contributed by atoms with Crippen LogP contribution in [0.1, 0.15) is 20.7 Å². The van der Waals surface area contributed by atoms with Gasteiger partial charge in [-0.3, -0.25) is 19.6 Å². The van der Waals surface area contributed by atoms with E-state index < -0.39 is 22.0 Å². The van der Waals surface area contributed by atoms with Crippen LogP contribution in [0, 0.1) is 0 Å². The Kier molecular flexibility index (Phi) is 2.17. The van der Waals surface area contributed by atoms with Crippen LogP contribution in [0.25, 0.3) is 0 Å². The van der Waals surface area contributed by atoms with E-state index in [-0.39, 0.29) is 16.8 Å². The molecule has 4 N–H and O–H groups in total. The summed E-state index contributed by atoms with van der Waals surface area (Å²) in [5.41, 5.74) is 0.467. The first-order valence-corrected chi connectivity index (χ1v) is 5.72. The molecule has 1 heterocycles. The van der Waals surface area contributed by atoms with Crippen molar-refractivity contribution in [3.05, 3.63) is 29.3 Å². The molecular formula is C8H7N3O4S. The van der Waals surface area contributed by atoms with Crippen molar-refractivity contribution < 1.29 is 18.0 Å². The number of nitrogens with one attached hydrogen (secondary N) is 2. The number of amides is 2. The minimum Gasteiger partial charge on any atom is -0.288 e. The number of carbonyl (C=O) groups is 2. The van der Waals surface area contributed by atoms with E-state index in [0.717, 1.165) is 0 Å². The van der Waals surface area contributed by atoms with Gasteiger partial charge in [0, 0.05) is 0 Å². The van der Waals surface area contributed by atoms with E-state index in [0.29, 0.717) is 0 Å². The van der Waals surface area contributed by atoms with Gasteiger partial charge in [0.05, 0.1) is 16.8 Å². The summed E-state index contributed by atoms with van der Waals surface area (Å²) in [5.74, 6) is -1.06. The van der Waals surface area contributed by atoms with Crippen LogP contribution in [-0.2, 0) is 10.2 Å². The minimum absolute atomic E-state index is 0.124. The molecule has 1 aliphatic rings. The first kappa shape index (κ1) is 10.6. The number of hydrogen-bond donors (Lipinski definition) is 3. The summed E-state index contributed by atoms with van der Waals surface area (Å²) in [6.45, 7) is 0. The van der Waals surface area contributed by atoms with Crippen LogP contribution < -0.4 is 15.2 Å². The van der Waals surface area contributed by atoms with Crippen molar-refractivity contribution >= 4 is 27.7 Å². The van der Waals surface area contributed by atoms with Crippen molar-refractivity contribution in [1.29, 1.82) is 0 Å². The van der Waals surface area contributed by atoms with Crippen molar-refractivity contribution in [3.8, 4) is 0 Å². The molecule has 7 nitrogen and oxygen atoms in total. The quantitative estimate of drug-likeness (QED) is 0.586. The molecule has 0 atom stereocenters. The first-order chi connectivity index (χ1) is 7.37. The monoisotopic (exact) mass is 241 g/mol. The molecule has 1 aliphatic heterocycles. The summed E-state index contributed by atoms with van der Waals surface area (Å²) in [6.07, 6.45) is 0. The van der Waals surface area contributed by atoms with Crippen LogP contribution in [0.3, 0.4) is 0 Å². The van der Waals surface area contributed by atoms with Crippen molar-refractivity contribution in [2.45, 2.75) is 0 Å². The Labute approximate surface area is 90.8 Å². The number of imide groups is 1. The first-order valence-electron chi connectivity index (χ1n) is 4.17. The smallest absolute Gasteiger partial charge is 0.288 e. The maximum absolute atomic E-state index is 11.3. The zero-order valence-corrected chi connectivity index (χ0v) is 8.67. The van der Waals surface area contributed by atoms with Crippen LogP contribution in [0.4, 0.5) is 5.69 Å². The molecular weight excluding hydrogens is 234 g/mol. The van der Waals surface area contributed by atoms with Crippen LogP contribution in [0.15, 0.2) is 18.2 Å². The predicted octanol–water partition coefficient (Wildman–Crippen LogP) is -0.814. The fraction of sp³-hybridized carbons (Fsp3) is 0. The fourth-order valence-electron chi connectivity index (χ4n) is 1.40. The molecule has 0 spiro atoms. The van der Waals surface area contributed by atoms with E-state index in [2.05, 4.69) is 5.32 Å². The summed E-state index contributed by atoms with van der Waals surface area (Å²) in [6, 6.07) is 3.95. The fourth-order valence-corrected chi connectivity index (χ4v) is 1.85. The Morgan fingerprint density at radius 2 is 1.75 bits per heavy atom. The average Bonchev–Trinajstić information content (AvgIpc) is 2.40. The second kappa shape index (κ2) is 3.29. The van der Waals surface area contributed by atoms with Crippen molar-refractivity contribution in [3.63, 3.8) is 0 Å². The van der Waals surface area contributed by atoms with Gasteiger partial charge >= 0.3 is 0 Å². The second-order valence-corrected chi connectivity index (χ2v) is 4.48. The van der Waals surface area contributed by atoms with E-state index in [1.807, 2.05) is 4.72 Å². The molecule has 2 amide bonds. The number of hydrogen-bond acceptors (Lipinski definition) is 4. The lowest BCUT2D eigenvalue weighted by Gasteiger charge is -2.03. The number of fused-ring (bicyclic) bond motifs is 1. The predicted molar refractivity (Wildman–Crippen MR) is 55.0 cm³/mol. The van der Waals surface area contributed by atoms with Gasteiger partial charge in [-0.25, -0.2) is 5.14 Å². The second-order valence-electron chi connectivity index (χ2n) is 3.19. The van der Waals surface area contributed by atoms with Gasteiger partial charge in [-0.15, -0.1) is 0 Å². The van der Waals surface area contributed by atoms with Gasteiger partial charge in [-0.2, -0.15) is 8.42 Å². The molecule has 0 bridgehead atoms. The molecule has 8 heteroatoms. The van der Waals surface area contributed by atoms with E-state index in [1.165, 1.54) is 18.2 Å². The number of rotatable bonds is 2. The molecule has 1 aromatic rings. The highest BCUT2D eigenvalue weighted by Gasteiger charge is 2.26. The van der Waals surface area contributed by atoms with Gasteiger partial charge in [0.1, 0.15) is 0 Å². The molecule has 2 rings (SSSR count). The standard InChI is InChI=1S/C8H7N3O4S/c9-16(14,15)11-4-1-2-5-6(3-4)8(13)10-7(5)12/h1-3,11H,(H2,9,14,15)(H,10,12,13). The van der Waals surface area contributed by atoms with Crippen molar-refractivity contribution in [1.82, 2.24) is 5.32 Å². The summed E-state index contributed by atoms with van der Waals surface area (Å²) >= 11 is 0. The van der Waals surface area contributed by atoms with E-state index >= 15 is 0 Å². The van der Waals surface area contributed by atoms with Gasteiger partial charge in [0.2, 0.25) is 0 Å². The normalized spacial score (nSPS) is 14.6. The highest BCUT2D eigenvalue weighted by molar-refractivity contribution is 7.90. The largest absolute Gasteiger partial charge is 0.296 e. The van der Waals surface area contributed by atoms with E-state index in [4.69, 9.17) is 5.14 Å². The number of anilines is 1. The Morgan fingerprint density at radius 3 is 2.38 bits per heavy atom. The average molecular weight is 241 g/mol. The molecule has 0 fully saturated rings. The molecule has 0 saturated heterocycles. The van der Waals surface area contributed by atoms with Crippen molar-refractivity contribution in [2.75, 3.05) is 4.72 Å². The summed E-state index contributed by atoms with van der Waals surface area (Å²) in [7, 11) is -3.89. The van der Waals surface area contributed by atoms with E-state index in [9.17, 15) is 18.0 Å². The number of nitrogens with two attached hydrogens (primary N) is 1. The lowest BCUT2D eigenvalue weighted by molar-refractivity contribution is 0.0879. The highest BCUT2D eigenvalue weighted by Crippen LogP contribution is 2.20. The molecule has 1 aromatic carbocycles. The summed E-state index contributed by atoms with van der Waals surface area (Å²) < 4.78 is 23.5. The maximum atomic E-state index is 11.3. The van der Waals surface area contributed by atoms with Gasteiger partial charge in [0.15, 0.2) is 0 Å². The highest BCUT2D eigenvalue weighted by atomic mass is 32.2. The van der Waals surface area contributed by atoms with Gasteiger partial charge in [-0.05, 0) is 18.2 Å². The molecule has 16 heavy (non-hydrogen) atoms. The molecule has 0 saturated carbocycles. The Morgan fingerprint density at radius 1 is 1.12 bits per heavy atom. The number of carbonyl (C=O) groups excluding carboxylic acids is 2. The lowest BCUT2D eigenvalue weighted by atomic mass is 10.1. The van der Waals surface area contributed by atoms with Gasteiger partial charge < -0.3 is 0 Å². The van der Waals surface area contributed by atoms with Crippen LogP contribution in [-0.4, -0.2) is 20.2 Å². The Bertz CT molecular complexity index is 593. The third-order valence-electron chi connectivity index (χ3n) is 2.00. The third-order valence-corrected chi connectivity index (χ3v) is 2.52. The number of benzene rings is 1. The minimum atomic E-state index is -3.89. The molecule has 0 radical (unpaired) electrons. The van der Waals surface area contributed by atoms with Crippen LogP contribution in [0.5, 0.6) is 0 Å². The molecule has 84 valence electrons. The molecule has 0 unspecified atom stereocenters. The molecule has 0 aliphatic carbocycles. The molecule has 0 aromatic heterocycles. The Balaban J connectivity index is 2.45. The van der Waals surface area contributed by atoms with Gasteiger partial charge in [0.25, 0.3) is 22.0 Å². The maximum Gasteiger partial charge on any atom is 0.296 e. The SMILES string of the molecule is NS(=O)(=O)Nc1ccc2c(c1)C(=O)NC2=O. The summed E-state index contributed by atoms with van der Waals surface area (Å²) in [5, 5.41) is 6.85. The third kappa shape index (κ3) is 1.88. The lowest BCUT2D eigenvalue weighted by Crippen LogP contribution is -2.22. The Hall–Kier alpha value is -1.93.